The van der Waals surface area contributed by atoms with Crippen molar-refractivity contribution in [1.82, 2.24) is 14.5 Å². The van der Waals surface area contributed by atoms with Crippen LogP contribution in [0.4, 0.5) is 5.69 Å². The topological polar surface area (TPSA) is 98.8 Å². The lowest BCUT2D eigenvalue weighted by molar-refractivity contribution is -0.117. The average Bonchev–Trinajstić information content (AvgIpc) is 2.75. The van der Waals surface area contributed by atoms with Gasteiger partial charge in [0.1, 0.15) is 0 Å². The summed E-state index contributed by atoms with van der Waals surface area (Å²) < 4.78 is 24.7. The largest absolute Gasteiger partial charge is 0.336 e. The van der Waals surface area contributed by atoms with Gasteiger partial charge in [-0.25, -0.2) is 13.1 Å². The summed E-state index contributed by atoms with van der Waals surface area (Å²) in [7, 11) is -3.20. The average molecular weight is 459 g/mol. The van der Waals surface area contributed by atoms with E-state index in [2.05, 4.69) is 10.0 Å². The first-order valence-electron chi connectivity index (χ1n) is 10.6. The molecule has 9 heteroatoms. The molecule has 8 nitrogen and oxygen atoms in total. The summed E-state index contributed by atoms with van der Waals surface area (Å²) in [5, 5.41) is 2.91. The maximum Gasteiger partial charge on any atom is 0.253 e. The molecule has 1 saturated heterocycles. The third-order valence-electron chi connectivity index (χ3n) is 5.34. The molecule has 0 saturated carbocycles. The number of benzene rings is 2. The second-order valence-electron chi connectivity index (χ2n) is 8.10. The summed E-state index contributed by atoms with van der Waals surface area (Å²) in [6, 6.07) is 14.9. The molecule has 0 aromatic heterocycles. The van der Waals surface area contributed by atoms with E-state index < -0.39 is 10.0 Å². The molecule has 0 bridgehead atoms. The van der Waals surface area contributed by atoms with Crippen LogP contribution in [0, 0.1) is 6.92 Å². The molecule has 1 fully saturated rings. The second kappa shape index (κ2) is 10.7. The predicted molar refractivity (Wildman–Crippen MR) is 125 cm³/mol. The fraction of sp³-hybridized carbons (Fsp3) is 0.391. The molecule has 1 aliphatic rings. The summed E-state index contributed by atoms with van der Waals surface area (Å²) in [6.45, 7) is 5.04. The lowest BCUT2D eigenvalue weighted by Gasteiger charge is -2.34. The third kappa shape index (κ3) is 7.44. The Balaban J connectivity index is 1.43. The van der Waals surface area contributed by atoms with E-state index in [1.807, 2.05) is 48.2 Å². The van der Waals surface area contributed by atoms with E-state index in [1.54, 1.807) is 17.0 Å². The molecule has 2 N–H and O–H groups in total. The summed E-state index contributed by atoms with van der Waals surface area (Å²) in [4.78, 5) is 28.9. The van der Waals surface area contributed by atoms with Gasteiger partial charge in [0, 0.05) is 44.0 Å². The van der Waals surface area contributed by atoms with Gasteiger partial charge >= 0.3 is 0 Å². The number of nitrogens with one attached hydrogen (secondary N) is 2. The Labute approximate surface area is 189 Å². The third-order valence-corrected chi connectivity index (χ3v) is 6.07. The van der Waals surface area contributed by atoms with Crippen molar-refractivity contribution in [1.29, 1.82) is 0 Å². The number of nitrogens with zero attached hydrogens (tertiary/aromatic N) is 2. The van der Waals surface area contributed by atoms with Gasteiger partial charge in [0.15, 0.2) is 0 Å². The van der Waals surface area contributed by atoms with Crippen molar-refractivity contribution >= 4 is 27.5 Å². The van der Waals surface area contributed by atoms with Gasteiger partial charge in [-0.15, -0.1) is 0 Å². The van der Waals surface area contributed by atoms with Crippen LogP contribution in [0.2, 0.25) is 0 Å². The number of sulfonamides is 1. The Morgan fingerprint density at radius 2 is 1.56 bits per heavy atom. The fourth-order valence-electron chi connectivity index (χ4n) is 3.53. The molecular weight excluding hydrogens is 428 g/mol. The Bertz CT molecular complexity index is 1030. The fourth-order valence-corrected chi connectivity index (χ4v) is 4.00. The number of carbonyl (C=O) groups excluding carboxylic acids is 2. The van der Waals surface area contributed by atoms with Crippen LogP contribution in [-0.2, 0) is 21.2 Å². The Morgan fingerprint density at radius 3 is 2.16 bits per heavy atom. The summed E-state index contributed by atoms with van der Waals surface area (Å²) in [6.07, 6.45) is 1.69. The van der Waals surface area contributed by atoms with Crippen LogP contribution in [0.5, 0.6) is 0 Å². The van der Waals surface area contributed by atoms with E-state index in [1.165, 1.54) is 0 Å². The quantitative estimate of drug-likeness (QED) is 0.624. The molecule has 3 rings (SSSR count). The molecule has 2 aromatic rings. The Morgan fingerprint density at radius 1 is 0.938 bits per heavy atom. The number of aryl methyl sites for hydroxylation is 1. The minimum Gasteiger partial charge on any atom is -0.336 e. The van der Waals surface area contributed by atoms with Crippen LogP contribution >= 0.6 is 0 Å². The highest BCUT2D eigenvalue weighted by atomic mass is 32.2. The molecule has 0 unspecified atom stereocenters. The number of hydrogen-bond donors (Lipinski definition) is 2. The lowest BCUT2D eigenvalue weighted by Crippen LogP contribution is -2.50. The van der Waals surface area contributed by atoms with Crippen LogP contribution < -0.4 is 10.0 Å². The molecule has 0 aliphatic carbocycles. The van der Waals surface area contributed by atoms with Gasteiger partial charge in [-0.2, -0.15) is 0 Å². The molecule has 32 heavy (non-hydrogen) atoms. The normalized spacial score (nSPS) is 14.9. The summed E-state index contributed by atoms with van der Waals surface area (Å²) in [5.41, 5.74) is 3.49. The number of amides is 2. The zero-order valence-corrected chi connectivity index (χ0v) is 19.3. The number of rotatable bonds is 8. The van der Waals surface area contributed by atoms with Gasteiger partial charge in [-0.3, -0.25) is 14.5 Å². The first-order chi connectivity index (χ1) is 15.2. The maximum atomic E-state index is 12.8. The van der Waals surface area contributed by atoms with Crippen molar-refractivity contribution in [3.8, 4) is 0 Å². The molecule has 0 atom stereocenters. The van der Waals surface area contributed by atoms with Gasteiger partial charge < -0.3 is 10.2 Å². The smallest absolute Gasteiger partial charge is 0.253 e. The van der Waals surface area contributed by atoms with Crippen LogP contribution in [0.1, 0.15) is 21.5 Å². The Kier molecular flexibility index (Phi) is 8.00. The molecule has 0 radical (unpaired) electrons. The maximum absolute atomic E-state index is 12.8. The molecule has 2 aromatic carbocycles. The summed E-state index contributed by atoms with van der Waals surface area (Å²) >= 11 is 0. The van der Waals surface area contributed by atoms with Crippen molar-refractivity contribution in [2.45, 2.75) is 13.3 Å². The van der Waals surface area contributed by atoms with Crippen LogP contribution in [0.25, 0.3) is 0 Å². The molecule has 0 spiro atoms. The first kappa shape index (κ1) is 23.9. The highest BCUT2D eigenvalue weighted by Crippen LogP contribution is 2.12. The number of hydrogen-bond acceptors (Lipinski definition) is 5. The van der Waals surface area contributed by atoms with E-state index in [0.717, 1.165) is 23.1 Å². The standard InChI is InChI=1S/C23H30N4O4S/c1-18-3-9-21(10-4-18)25-22(28)17-26-13-15-27(16-14-26)23(29)20-7-5-19(6-8-20)11-12-24-32(2,30)31/h3-10,24H,11-17H2,1-2H3,(H,25,28). The van der Waals surface area contributed by atoms with Gasteiger partial charge in [0.25, 0.3) is 5.91 Å². The van der Waals surface area contributed by atoms with Crippen molar-refractivity contribution in [2.24, 2.45) is 0 Å². The molecule has 2 amide bonds. The minimum absolute atomic E-state index is 0.0328. The van der Waals surface area contributed by atoms with Crippen LogP contribution in [-0.4, -0.2) is 75.6 Å². The zero-order chi connectivity index (χ0) is 23.1. The Hall–Kier alpha value is -2.75. The van der Waals surface area contributed by atoms with Crippen LogP contribution in [0.15, 0.2) is 48.5 Å². The van der Waals surface area contributed by atoms with E-state index in [0.29, 0.717) is 51.3 Å². The SMILES string of the molecule is Cc1ccc(NC(=O)CN2CCN(C(=O)c3ccc(CCNS(C)(=O)=O)cc3)CC2)cc1. The lowest BCUT2D eigenvalue weighted by atomic mass is 10.1. The van der Waals surface area contributed by atoms with Gasteiger partial charge in [-0.05, 0) is 43.2 Å². The van der Waals surface area contributed by atoms with E-state index in [4.69, 9.17) is 0 Å². The van der Waals surface area contributed by atoms with E-state index in [-0.39, 0.29) is 11.8 Å². The number of carbonyl (C=O) groups is 2. The molecular formula is C23H30N4O4S. The monoisotopic (exact) mass is 458 g/mol. The van der Waals surface area contributed by atoms with Gasteiger partial charge in [-0.1, -0.05) is 29.8 Å². The van der Waals surface area contributed by atoms with E-state index >= 15 is 0 Å². The minimum atomic E-state index is -3.20. The van der Waals surface area contributed by atoms with E-state index in [9.17, 15) is 18.0 Å². The van der Waals surface area contributed by atoms with Gasteiger partial charge in [0.05, 0.1) is 12.8 Å². The van der Waals surface area contributed by atoms with Crippen LogP contribution in [0.3, 0.4) is 0 Å². The number of anilines is 1. The van der Waals surface area contributed by atoms with Gasteiger partial charge in [0.2, 0.25) is 15.9 Å². The van der Waals surface area contributed by atoms with Crippen molar-refractivity contribution in [2.75, 3.05) is 50.8 Å². The molecule has 172 valence electrons. The van der Waals surface area contributed by atoms with Crippen molar-refractivity contribution < 1.29 is 18.0 Å². The molecule has 1 heterocycles. The van der Waals surface area contributed by atoms with Crippen molar-refractivity contribution in [3.63, 3.8) is 0 Å². The molecule has 1 aliphatic heterocycles. The number of piperazine rings is 1. The predicted octanol–water partition coefficient (Wildman–Crippen LogP) is 1.48. The second-order valence-corrected chi connectivity index (χ2v) is 9.93. The summed E-state index contributed by atoms with van der Waals surface area (Å²) in [5.74, 6) is -0.0934. The zero-order valence-electron chi connectivity index (χ0n) is 18.5. The van der Waals surface area contributed by atoms with Crippen molar-refractivity contribution in [3.05, 3.63) is 65.2 Å². The highest BCUT2D eigenvalue weighted by Gasteiger charge is 2.23. The highest BCUT2D eigenvalue weighted by molar-refractivity contribution is 7.88. The first-order valence-corrected chi connectivity index (χ1v) is 12.5.